The lowest BCUT2D eigenvalue weighted by Gasteiger charge is -2.43. The van der Waals surface area contributed by atoms with Crippen LogP contribution in [-0.4, -0.2) is 42.8 Å². The Morgan fingerprint density at radius 3 is 2.55 bits per heavy atom. The molecular formula is C14H17F2NO3. The fourth-order valence-electron chi connectivity index (χ4n) is 2.52. The molecule has 1 N–H and O–H groups in total. The van der Waals surface area contributed by atoms with E-state index in [2.05, 4.69) is 0 Å². The zero-order valence-corrected chi connectivity index (χ0v) is 11.4. The first-order valence-corrected chi connectivity index (χ1v) is 6.34. The van der Waals surface area contributed by atoms with E-state index in [1.165, 1.54) is 4.90 Å². The Bertz CT molecular complexity index is 496. The summed E-state index contributed by atoms with van der Waals surface area (Å²) in [7, 11) is 0. The van der Waals surface area contributed by atoms with Gasteiger partial charge in [0.25, 0.3) is 0 Å². The minimum atomic E-state index is -0.790. The highest BCUT2D eigenvalue weighted by molar-refractivity contribution is 5.76. The third-order valence-electron chi connectivity index (χ3n) is 3.18. The zero-order chi connectivity index (χ0) is 14.9. The number of aliphatic hydroxyl groups excluding tert-OH is 1. The maximum atomic E-state index is 14.0. The number of aldehydes is 1. The second-order valence-electron chi connectivity index (χ2n) is 5.51. The van der Waals surface area contributed by atoms with Crippen LogP contribution in [0.5, 0.6) is 0 Å². The van der Waals surface area contributed by atoms with E-state index in [9.17, 15) is 18.7 Å². The van der Waals surface area contributed by atoms with Gasteiger partial charge >= 0.3 is 0 Å². The van der Waals surface area contributed by atoms with Crippen molar-refractivity contribution in [3.8, 4) is 0 Å². The molecule has 1 aromatic rings. The molecule has 1 aliphatic heterocycles. The molecule has 0 saturated carbocycles. The van der Waals surface area contributed by atoms with Crippen molar-refractivity contribution < 1.29 is 23.4 Å². The first-order chi connectivity index (χ1) is 9.36. The van der Waals surface area contributed by atoms with Crippen LogP contribution in [0.2, 0.25) is 0 Å². The van der Waals surface area contributed by atoms with Gasteiger partial charge in [0.2, 0.25) is 0 Å². The van der Waals surface area contributed by atoms with Gasteiger partial charge in [0.15, 0.2) is 0 Å². The van der Waals surface area contributed by atoms with Crippen molar-refractivity contribution in [1.29, 1.82) is 0 Å². The average Bonchev–Trinajstić information content (AvgIpc) is 2.35. The molecule has 1 heterocycles. The van der Waals surface area contributed by atoms with Crippen molar-refractivity contribution >= 4 is 12.0 Å². The Labute approximate surface area is 116 Å². The molecule has 0 bridgehead atoms. The minimum absolute atomic E-state index is 0.0463. The molecule has 4 nitrogen and oxygen atoms in total. The maximum Gasteiger partial charge on any atom is 0.150 e. The van der Waals surface area contributed by atoms with Gasteiger partial charge in [-0.25, -0.2) is 8.78 Å². The summed E-state index contributed by atoms with van der Waals surface area (Å²) in [5, 5.41) is 9.22. The van der Waals surface area contributed by atoms with E-state index in [1.54, 1.807) is 13.8 Å². The van der Waals surface area contributed by atoms with E-state index < -0.39 is 23.3 Å². The molecule has 6 heteroatoms. The van der Waals surface area contributed by atoms with Gasteiger partial charge in [-0.05, 0) is 26.0 Å². The first-order valence-electron chi connectivity index (χ1n) is 6.34. The van der Waals surface area contributed by atoms with E-state index in [4.69, 9.17) is 4.74 Å². The van der Waals surface area contributed by atoms with Gasteiger partial charge in [-0.15, -0.1) is 0 Å². The van der Waals surface area contributed by atoms with Crippen LogP contribution >= 0.6 is 0 Å². The molecule has 1 fully saturated rings. The first kappa shape index (κ1) is 14.9. The molecule has 0 amide bonds. The number of benzene rings is 1. The molecular weight excluding hydrogens is 268 g/mol. The maximum absolute atomic E-state index is 14.0. The summed E-state index contributed by atoms with van der Waals surface area (Å²) in [6.45, 7) is 3.83. The smallest absolute Gasteiger partial charge is 0.150 e. The van der Waals surface area contributed by atoms with Gasteiger partial charge in [0, 0.05) is 18.7 Å². The highest BCUT2D eigenvalue weighted by Gasteiger charge is 2.35. The summed E-state index contributed by atoms with van der Waals surface area (Å²) in [5.41, 5.74) is -0.867. The summed E-state index contributed by atoms with van der Waals surface area (Å²) >= 11 is 0. The van der Waals surface area contributed by atoms with E-state index in [0.29, 0.717) is 6.29 Å². The molecule has 110 valence electrons. The number of hydrogen-bond donors (Lipinski definition) is 1. The van der Waals surface area contributed by atoms with Crippen molar-refractivity contribution in [1.82, 2.24) is 0 Å². The fourth-order valence-corrected chi connectivity index (χ4v) is 2.52. The highest BCUT2D eigenvalue weighted by atomic mass is 19.1. The Morgan fingerprint density at radius 2 is 2.05 bits per heavy atom. The second-order valence-corrected chi connectivity index (χ2v) is 5.51. The van der Waals surface area contributed by atoms with Gasteiger partial charge in [0.05, 0.1) is 18.3 Å². The lowest BCUT2D eigenvalue weighted by atomic mass is 10.0. The number of nitrogens with zero attached hydrogens (tertiary/aromatic N) is 1. The third-order valence-corrected chi connectivity index (χ3v) is 3.18. The average molecular weight is 285 g/mol. The van der Waals surface area contributed by atoms with Gasteiger partial charge in [0.1, 0.15) is 23.6 Å². The molecule has 0 spiro atoms. The van der Waals surface area contributed by atoms with Crippen LogP contribution in [0.1, 0.15) is 24.2 Å². The van der Waals surface area contributed by atoms with Crippen LogP contribution in [0.3, 0.4) is 0 Å². The van der Waals surface area contributed by atoms with E-state index >= 15 is 0 Å². The number of morpholine rings is 1. The van der Waals surface area contributed by atoms with Gasteiger partial charge in [-0.3, -0.25) is 4.79 Å². The Balaban J connectivity index is 2.37. The number of anilines is 1. The van der Waals surface area contributed by atoms with Crippen molar-refractivity contribution in [2.75, 3.05) is 24.6 Å². The quantitative estimate of drug-likeness (QED) is 0.860. The van der Waals surface area contributed by atoms with Crippen molar-refractivity contribution in [3.63, 3.8) is 0 Å². The number of hydrogen-bond acceptors (Lipinski definition) is 4. The number of halogens is 2. The monoisotopic (exact) mass is 285 g/mol. The summed E-state index contributed by atoms with van der Waals surface area (Å²) in [6.07, 6.45) is -0.112. The molecule has 1 unspecified atom stereocenters. The topological polar surface area (TPSA) is 49.8 Å². The summed E-state index contributed by atoms with van der Waals surface area (Å²) in [5.74, 6) is -1.58. The second kappa shape index (κ2) is 5.46. The molecule has 0 aliphatic carbocycles. The highest BCUT2D eigenvalue weighted by Crippen LogP contribution is 2.30. The standard InChI is InChI=1S/C14H17F2NO3/c1-14(2)8-17(5-10(7-19)20-14)13-11(15)3-9(6-18)4-12(13)16/h3-4,6,10,19H,5,7-8H2,1-2H3. The van der Waals surface area contributed by atoms with Crippen LogP contribution < -0.4 is 4.90 Å². The Kier molecular flexibility index (Phi) is 4.06. The van der Waals surface area contributed by atoms with Crippen molar-refractivity contribution in [2.45, 2.75) is 25.6 Å². The molecule has 1 saturated heterocycles. The van der Waals surface area contributed by atoms with Crippen LogP contribution in [0, 0.1) is 11.6 Å². The minimum Gasteiger partial charge on any atom is -0.394 e. The van der Waals surface area contributed by atoms with Crippen molar-refractivity contribution in [2.24, 2.45) is 0 Å². The van der Waals surface area contributed by atoms with Gasteiger partial charge < -0.3 is 14.7 Å². The predicted molar refractivity (Wildman–Crippen MR) is 70.0 cm³/mol. The van der Waals surface area contributed by atoms with E-state index in [1.807, 2.05) is 0 Å². The van der Waals surface area contributed by atoms with E-state index in [0.717, 1.165) is 12.1 Å². The number of ether oxygens (including phenoxy) is 1. The van der Waals surface area contributed by atoms with Crippen molar-refractivity contribution in [3.05, 3.63) is 29.3 Å². The van der Waals surface area contributed by atoms with Gasteiger partial charge in [-0.1, -0.05) is 0 Å². The van der Waals surface area contributed by atoms with Gasteiger partial charge in [-0.2, -0.15) is 0 Å². The fraction of sp³-hybridized carbons (Fsp3) is 0.500. The van der Waals surface area contributed by atoms with Crippen LogP contribution in [0.25, 0.3) is 0 Å². The number of carbonyl (C=O) groups is 1. The lowest BCUT2D eigenvalue weighted by molar-refractivity contribution is -0.101. The molecule has 2 rings (SSSR count). The molecule has 1 aromatic carbocycles. The Morgan fingerprint density at radius 1 is 1.45 bits per heavy atom. The van der Waals surface area contributed by atoms with Crippen LogP contribution in [0.15, 0.2) is 12.1 Å². The number of carbonyl (C=O) groups excluding carboxylic acids is 1. The molecule has 1 atom stereocenters. The largest absolute Gasteiger partial charge is 0.394 e. The zero-order valence-electron chi connectivity index (χ0n) is 11.4. The molecule has 0 aromatic heterocycles. The molecule has 1 aliphatic rings. The van der Waals surface area contributed by atoms with E-state index in [-0.39, 0.29) is 30.9 Å². The predicted octanol–water partition coefficient (Wildman–Crippen LogP) is 1.75. The number of rotatable bonds is 3. The normalized spacial score (nSPS) is 21.9. The number of aliphatic hydroxyl groups is 1. The molecule has 20 heavy (non-hydrogen) atoms. The Hall–Kier alpha value is -1.53. The van der Waals surface area contributed by atoms with Crippen LogP contribution in [0.4, 0.5) is 14.5 Å². The lowest BCUT2D eigenvalue weighted by Crippen LogP contribution is -2.54. The van der Waals surface area contributed by atoms with Crippen LogP contribution in [-0.2, 0) is 4.74 Å². The molecule has 0 radical (unpaired) electrons. The summed E-state index contributed by atoms with van der Waals surface area (Å²) in [4.78, 5) is 12.1. The summed E-state index contributed by atoms with van der Waals surface area (Å²) < 4.78 is 33.6. The SMILES string of the molecule is CC1(C)CN(c2c(F)cc(C=O)cc2F)CC(CO)O1. The summed E-state index contributed by atoms with van der Waals surface area (Å²) in [6, 6.07) is 2.00. The third kappa shape index (κ3) is 2.96.